The number of hydrogen-bond acceptors (Lipinski definition) is 2. The fourth-order valence-corrected chi connectivity index (χ4v) is 3.30. The fourth-order valence-electron chi connectivity index (χ4n) is 2.59. The third kappa shape index (κ3) is 3.77. The summed E-state index contributed by atoms with van der Waals surface area (Å²) in [7, 11) is 0. The van der Waals surface area contributed by atoms with Crippen LogP contribution in [0.2, 0.25) is 0 Å². The summed E-state index contributed by atoms with van der Waals surface area (Å²) in [6, 6.07) is 14.6. The zero-order valence-electron chi connectivity index (χ0n) is 12.5. The van der Waals surface area contributed by atoms with E-state index in [-0.39, 0.29) is 5.91 Å². The zero-order chi connectivity index (χ0) is 15.2. The number of benzene rings is 1. The Morgan fingerprint density at radius 2 is 2.05 bits per heavy atom. The molecule has 114 valence electrons. The molecule has 0 unspecified atom stereocenters. The second-order valence-corrected chi connectivity index (χ2v) is 6.38. The van der Waals surface area contributed by atoms with E-state index in [2.05, 4.69) is 57.9 Å². The molecule has 1 amide bonds. The number of carbonyl (C=O) groups is 1. The van der Waals surface area contributed by atoms with Crippen LogP contribution < -0.4 is 5.32 Å². The van der Waals surface area contributed by atoms with Crippen molar-refractivity contribution in [3.63, 3.8) is 0 Å². The highest BCUT2D eigenvalue weighted by Gasteiger charge is 2.03. The summed E-state index contributed by atoms with van der Waals surface area (Å²) in [6.45, 7) is 1.66. The van der Waals surface area contributed by atoms with Crippen molar-refractivity contribution >= 4 is 28.1 Å². The predicted molar refractivity (Wildman–Crippen MR) is 92.2 cm³/mol. The number of nitrogens with one attached hydrogen (secondary N) is 1. The summed E-state index contributed by atoms with van der Waals surface area (Å²) >= 11 is 1.71. The lowest BCUT2D eigenvalue weighted by Gasteiger charge is -2.07. The molecule has 0 aliphatic heterocycles. The van der Waals surface area contributed by atoms with Gasteiger partial charge in [0.05, 0.1) is 0 Å². The van der Waals surface area contributed by atoms with Crippen LogP contribution in [-0.2, 0) is 17.8 Å². The molecule has 3 aromatic rings. The van der Waals surface area contributed by atoms with Crippen LogP contribution in [0.15, 0.2) is 54.0 Å². The first-order valence-corrected chi connectivity index (χ1v) is 8.54. The standard InChI is InChI=1S/C18H20N2OS/c21-18(9-8-16-6-3-14-22-16)19-11-4-12-20-13-10-15-5-1-2-7-17(15)20/h1-3,5-7,10,13-14H,4,8-9,11-12H2,(H,19,21). The van der Waals surface area contributed by atoms with E-state index in [9.17, 15) is 4.79 Å². The van der Waals surface area contributed by atoms with E-state index < -0.39 is 0 Å². The maximum Gasteiger partial charge on any atom is 0.220 e. The van der Waals surface area contributed by atoms with Crippen LogP contribution in [0.25, 0.3) is 10.9 Å². The van der Waals surface area contributed by atoms with Crippen molar-refractivity contribution in [2.24, 2.45) is 0 Å². The Hall–Kier alpha value is -2.07. The Labute approximate surface area is 134 Å². The lowest BCUT2D eigenvalue weighted by atomic mass is 10.2. The van der Waals surface area contributed by atoms with Crippen LogP contribution in [-0.4, -0.2) is 17.0 Å². The van der Waals surface area contributed by atoms with Gasteiger partial charge in [0, 0.05) is 36.1 Å². The van der Waals surface area contributed by atoms with Crippen molar-refractivity contribution in [3.05, 3.63) is 58.9 Å². The maximum absolute atomic E-state index is 11.8. The number of aromatic nitrogens is 1. The Morgan fingerprint density at radius 1 is 1.14 bits per heavy atom. The first-order chi connectivity index (χ1) is 10.8. The van der Waals surface area contributed by atoms with Gasteiger partial charge in [-0.05, 0) is 41.8 Å². The van der Waals surface area contributed by atoms with Crippen LogP contribution in [0.5, 0.6) is 0 Å². The van der Waals surface area contributed by atoms with Gasteiger partial charge in [0.1, 0.15) is 0 Å². The number of carbonyl (C=O) groups excluding carboxylic acids is 1. The van der Waals surface area contributed by atoms with Gasteiger partial charge in [-0.3, -0.25) is 4.79 Å². The summed E-state index contributed by atoms with van der Waals surface area (Å²) in [6.07, 6.45) is 4.48. The van der Waals surface area contributed by atoms with E-state index in [0.717, 1.165) is 25.9 Å². The molecule has 22 heavy (non-hydrogen) atoms. The molecule has 0 saturated carbocycles. The fraction of sp³-hybridized carbons (Fsp3) is 0.278. The molecular weight excluding hydrogens is 292 g/mol. The molecule has 0 aliphatic rings. The largest absolute Gasteiger partial charge is 0.356 e. The quantitative estimate of drug-likeness (QED) is 0.661. The molecule has 0 spiro atoms. The number of nitrogens with zero attached hydrogens (tertiary/aromatic N) is 1. The minimum Gasteiger partial charge on any atom is -0.356 e. The van der Waals surface area contributed by atoms with Gasteiger partial charge in [-0.15, -0.1) is 11.3 Å². The molecule has 3 rings (SSSR count). The SMILES string of the molecule is O=C(CCc1cccs1)NCCCn1ccc2ccccc21. The Balaban J connectivity index is 1.39. The van der Waals surface area contributed by atoms with Crippen LogP contribution in [0.3, 0.4) is 0 Å². The van der Waals surface area contributed by atoms with Crippen LogP contribution >= 0.6 is 11.3 Å². The molecule has 1 aromatic carbocycles. The summed E-state index contributed by atoms with van der Waals surface area (Å²) in [4.78, 5) is 13.1. The first kappa shape index (κ1) is 14.9. The van der Waals surface area contributed by atoms with Gasteiger partial charge in [0.15, 0.2) is 0 Å². The Kier molecular flexibility index (Phi) is 4.91. The predicted octanol–water partition coefficient (Wildman–Crippen LogP) is 3.84. The molecule has 0 radical (unpaired) electrons. The number of thiophene rings is 1. The monoisotopic (exact) mass is 312 g/mol. The van der Waals surface area contributed by atoms with Gasteiger partial charge in [-0.2, -0.15) is 0 Å². The molecule has 4 heteroatoms. The molecule has 0 saturated heterocycles. The van der Waals surface area contributed by atoms with E-state index >= 15 is 0 Å². The molecule has 3 nitrogen and oxygen atoms in total. The molecule has 0 fully saturated rings. The van der Waals surface area contributed by atoms with Gasteiger partial charge in [-0.25, -0.2) is 0 Å². The topological polar surface area (TPSA) is 34.0 Å². The second-order valence-electron chi connectivity index (χ2n) is 5.35. The zero-order valence-corrected chi connectivity index (χ0v) is 13.3. The van der Waals surface area contributed by atoms with Crippen molar-refractivity contribution in [2.45, 2.75) is 25.8 Å². The minimum absolute atomic E-state index is 0.144. The molecule has 2 heterocycles. The smallest absolute Gasteiger partial charge is 0.220 e. The third-order valence-electron chi connectivity index (χ3n) is 3.76. The van der Waals surface area contributed by atoms with Crippen molar-refractivity contribution in [1.82, 2.24) is 9.88 Å². The lowest BCUT2D eigenvalue weighted by Crippen LogP contribution is -2.25. The highest BCUT2D eigenvalue weighted by Crippen LogP contribution is 2.15. The average Bonchev–Trinajstić information content (AvgIpc) is 3.19. The van der Waals surface area contributed by atoms with Crippen LogP contribution in [0.1, 0.15) is 17.7 Å². The molecular formula is C18H20N2OS. The average molecular weight is 312 g/mol. The Bertz CT molecular complexity index is 730. The van der Waals surface area contributed by atoms with E-state index in [1.54, 1.807) is 11.3 Å². The molecule has 0 atom stereocenters. The van der Waals surface area contributed by atoms with Crippen molar-refractivity contribution in [1.29, 1.82) is 0 Å². The van der Waals surface area contributed by atoms with Crippen molar-refractivity contribution < 1.29 is 4.79 Å². The first-order valence-electron chi connectivity index (χ1n) is 7.66. The number of para-hydroxylation sites is 1. The van der Waals surface area contributed by atoms with Crippen molar-refractivity contribution in [2.75, 3.05) is 6.54 Å². The summed E-state index contributed by atoms with van der Waals surface area (Å²) in [5, 5.41) is 6.32. The van der Waals surface area contributed by atoms with Gasteiger partial charge in [0.2, 0.25) is 5.91 Å². The van der Waals surface area contributed by atoms with Crippen molar-refractivity contribution in [3.8, 4) is 0 Å². The van der Waals surface area contributed by atoms with Gasteiger partial charge < -0.3 is 9.88 Å². The minimum atomic E-state index is 0.144. The van der Waals surface area contributed by atoms with E-state index in [1.807, 2.05) is 6.07 Å². The molecule has 2 aromatic heterocycles. The molecule has 0 aliphatic carbocycles. The van der Waals surface area contributed by atoms with E-state index in [0.29, 0.717) is 6.42 Å². The molecule has 1 N–H and O–H groups in total. The summed E-state index contributed by atoms with van der Waals surface area (Å²) in [5.41, 5.74) is 1.26. The number of hydrogen-bond donors (Lipinski definition) is 1. The number of aryl methyl sites for hydroxylation is 2. The maximum atomic E-state index is 11.8. The summed E-state index contributed by atoms with van der Waals surface area (Å²) < 4.78 is 2.24. The third-order valence-corrected chi connectivity index (χ3v) is 4.69. The number of fused-ring (bicyclic) bond motifs is 1. The van der Waals surface area contributed by atoms with Gasteiger partial charge >= 0.3 is 0 Å². The normalized spacial score (nSPS) is 10.9. The van der Waals surface area contributed by atoms with Crippen LogP contribution in [0.4, 0.5) is 0 Å². The molecule has 0 bridgehead atoms. The highest BCUT2D eigenvalue weighted by molar-refractivity contribution is 7.09. The van der Waals surface area contributed by atoms with E-state index in [1.165, 1.54) is 15.8 Å². The van der Waals surface area contributed by atoms with Crippen LogP contribution in [0, 0.1) is 0 Å². The Morgan fingerprint density at radius 3 is 2.91 bits per heavy atom. The highest BCUT2D eigenvalue weighted by atomic mass is 32.1. The van der Waals surface area contributed by atoms with E-state index in [4.69, 9.17) is 0 Å². The number of rotatable bonds is 7. The van der Waals surface area contributed by atoms with Gasteiger partial charge in [-0.1, -0.05) is 24.3 Å². The summed E-state index contributed by atoms with van der Waals surface area (Å²) in [5.74, 6) is 0.144. The lowest BCUT2D eigenvalue weighted by molar-refractivity contribution is -0.121. The number of amides is 1. The van der Waals surface area contributed by atoms with Gasteiger partial charge in [0.25, 0.3) is 0 Å². The second kappa shape index (κ2) is 7.27.